The van der Waals surface area contributed by atoms with Crippen molar-refractivity contribution in [3.8, 4) is 0 Å². The fourth-order valence-electron chi connectivity index (χ4n) is 2.13. The number of ether oxygens (including phenoxy) is 2. The van der Waals surface area contributed by atoms with Gasteiger partial charge in [0.05, 0.1) is 0 Å². The summed E-state index contributed by atoms with van der Waals surface area (Å²) in [5.74, 6) is 0.254. The summed E-state index contributed by atoms with van der Waals surface area (Å²) in [7, 11) is 1.63. The number of carbonyl (C=O) groups excluding carboxylic acids is 1. The summed E-state index contributed by atoms with van der Waals surface area (Å²) in [5, 5.41) is 0. The Morgan fingerprint density at radius 3 is 2.59 bits per heavy atom. The summed E-state index contributed by atoms with van der Waals surface area (Å²) in [6.07, 6.45) is 4.31. The van der Waals surface area contributed by atoms with Crippen LogP contribution in [0.1, 0.15) is 32.6 Å². The molecule has 3 unspecified atom stereocenters. The molecule has 0 spiro atoms. The first-order valence-corrected chi connectivity index (χ1v) is 9.26. The van der Waals surface area contributed by atoms with Gasteiger partial charge in [0.1, 0.15) is 0 Å². The molecule has 100 valence electrons. The molecule has 0 aromatic heterocycles. The number of carbonyl (C=O) groups is 1. The van der Waals surface area contributed by atoms with Crippen molar-refractivity contribution in [2.45, 2.75) is 46.4 Å². The van der Waals surface area contributed by atoms with Crippen LogP contribution < -0.4 is 25.0 Å². The summed E-state index contributed by atoms with van der Waals surface area (Å²) >= 11 is 2.21. The zero-order valence-corrected chi connectivity index (χ0v) is 14.4. The van der Waals surface area contributed by atoms with Crippen LogP contribution in [0.2, 0.25) is 0 Å². The Balaban J connectivity index is 1.91. The van der Waals surface area contributed by atoms with Crippen LogP contribution in [-0.2, 0) is 14.3 Å². The van der Waals surface area contributed by atoms with Gasteiger partial charge in [-0.25, -0.2) is 0 Å². The van der Waals surface area contributed by atoms with Crippen LogP contribution in [0, 0.1) is 5.92 Å². The molecule has 3 atom stereocenters. The number of methoxy groups -OCH3 is 1. The third-order valence-electron chi connectivity index (χ3n) is 3.33. The first kappa shape index (κ1) is 14.3. The van der Waals surface area contributed by atoms with Crippen molar-refractivity contribution < 1.29 is 35.7 Å². The van der Waals surface area contributed by atoms with Gasteiger partial charge in [-0.2, -0.15) is 0 Å². The average molecular weight is 466 g/mol. The number of hydrogen-bond acceptors (Lipinski definition) is 4. The minimum atomic E-state index is -0.430. The van der Waals surface area contributed by atoms with E-state index in [0.29, 0.717) is 9.97 Å². The van der Waals surface area contributed by atoms with E-state index in [1.807, 2.05) is 6.92 Å². The van der Waals surface area contributed by atoms with Gasteiger partial charge >= 0.3 is 127 Å². The van der Waals surface area contributed by atoms with Crippen LogP contribution in [0.25, 0.3) is 0 Å². The summed E-state index contributed by atoms with van der Waals surface area (Å²) in [6.45, 7) is 1.95. The zero-order chi connectivity index (χ0) is 12.5. The van der Waals surface area contributed by atoms with E-state index in [1.54, 1.807) is 7.11 Å². The summed E-state index contributed by atoms with van der Waals surface area (Å²) in [5.41, 5.74) is 0. The van der Waals surface area contributed by atoms with Crippen LogP contribution in [0.5, 0.6) is 0 Å². The van der Waals surface area contributed by atoms with Crippen LogP contribution in [-0.4, -0.2) is 26.8 Å². The number of rotatable bonds is 5. The molecule has 2 rings (SSSR count). The maximum atomic E-state index is 12.1. The number of nitrogens with one attached hydrogen (secondary N) is 1. The number of esters is 1. The van der Waals surface area contributed by atoms with E-state index < -0.39 is 3.42 Å². The van der Waals surface area contributed by atoms with Crippen molar-refractivity contribution in [2.75, 3.05) is 7.11 Å². The van der Waals surface area contributed by atoms with Crippen molar-refractivity contribution in [1.82, 2.24) is 3.53 Å². The molecule has 0 amide bonds. The van der Waals surface area contributed by atoms with Gasteiger partial charge in [-0.15, -0.1) is 0 Å². The molecule has 0 aromatic carbocycles. The molecule has 1 heterocycles. The summed E-state index contributed by atoms with van der Waals surface area (Å²) in [6, 6.07) is 0. The van der Waals surface area contributed by atoms with Gasteiger partial charge in [0.2, 0.25) is 0 Å². The van der Waals surface area contributed by atoms with Crippen LogP contribution in [0.4, 0.5) is 0 Å². The van der Waals surface area contributed by atoms with Crippen LogP contribution >= 0.6 is 22.6 Å². The molecular weight excluding hydrogens is 448 g/mol. The topological polar surface area (TPSA) is 57.5 Å². The molecule has 0 radical (unpaired) electrons. The standard InChI is InChI=1S/C11H18I2NO3/c1-11(12,9-13-14-9)10(15)17-8(16-2)7-5-3-4-6-7/h7-9,14H,3-6H2,1-2H3/q-1. The predicted octanol–water partition coefficient (Wildman–Crippen LogP) is -1.18. The molecular formula is C11H18I2NO3-. The molecule has 17 heavy (non-hydrogen) atoms. The van der Waals surface area contributed by atoms with Gasteiger partial charge in [0.15, 0.2) is 0 Å². The molecule has 6 heteroatoms. The Hall–Kier alpha value is 0.850. The minimum absolute atomic E-state index is 0.0102. The van der Waals surface area contributed by atoms with E-state index in [4.69, 9.17) is 9.47 Å². The van der Waals surface area contributed by atoms with Crippen molar-refractivity contribution in [1.29, 1.82) is 0 Å². The Morgan fingerprint density at radius 2 is 2.12 bits per heavy atom. The molecule has 1 saturated carbocycles. The van der Waals surface area contributed by atoms with E-state index in [1.165, 1.54) is 12.8 Å². The summed E-state index contributed by atoms with van der Waals surface area (Å²) < 4.78 is 14.1. The van der Waals surface area contributed by atoms with E-state index in [-0.39, 0.29) is 33.7 Å². The van der Waals surface area contributed by atoms with Gasteiger partial charge in [-0.1, -0.05) is 0 Å². The SMILES string of the molecule is COC(OC(=O)C(C)(I)C1N[I-]1)C1CCCC1. The van der Waals surface area contributed by atoms with E-state index in [9.17, 15) is 4.79 Å². The Morgan fingerprint density at radius 1 is 1.53 bits per heavy atom. The average Bonchev–Trinajstić information content (AvgIpc) is 3.03. The van der Waals surface area contributed by atoms with Crippen LogP contribution in [0.15, 0.2) is 0 Å². The second kappa shape index (κ2) is 5.87. The summed E-state index contributed by atoms with van der Waals surface area (Å²) in [4.78, 5) is 12.1. The van der Waals surface area contributed by atoms with E-state index in [0.717, 1.165) is 12.8 Å². The number of hydrogen-bond donors (Lipinski definition) is 1. The first-order valence-electron chi connectivity index (χ1n) is 5.86. The molecule has 1 aliphatic carbocycles. The number of halogens is 2. The predicted molar refractivity (Wildman–Crippen MR) is 68.2 cm³/mol. The van der Waals surface area contributed by atoms with Crippen molar-refractivity contribution in [3.63, 3.8) is 0 Å². The second-order valence-electron chi connectivity index (χ2n) is 4.71. The fourth-order valence-corrected chi connectivity index (χ4v) is 5.44. The van der Waals surface area contributed by atoms with E-state index >= 15 is 0 Å². The van der Waals surface area contributed by atoms with Gasteiger partial charge in [-0.3, -0.25) is 0 Å². The Labute approximate surface area is 126 Å². The van der Waals surface area contributed by atoms with E-state index in [2.05, 4.69) is 26.1 Å². The Kier molecular flexibility index (Phi) is 4.93. The van der Waals surface area contributed by atoms with Crippen molar-refractivity contribution >= 4 is 28.6 Å². The monoisotopic (exact) mass is 466 g/mol. The van der Waals surface area contributed by atoms with Gasteiger partial charge in [-0.05, 0) is 0 Å². The van der Waals surface area contributed by atoms with Crippen molar-refractivity contribution in [3.05, 3.63) is 0 Å². The fraction of sp³-hybridized carbons (Fsp3) is 0.909. The van der Waals surface area contributed by atoms with Gasteiger partial charge in [0, 0.05) is 0 Å². The zero-order valence-electron chi connectivity index (χ0n) is 10.0. The first-order chi connectivity index (χ1) is 8.05. The molecule has 2 aliphatic rings. The second-order valence-corrected chi connectivity index (χ2v) is 9.44. The molecule has 2 fully saturated rings. The molecule has 0 aromatic rings. The number of alkyl halides is 2. The van der Waals surface area contributed by atoms with Crippen LogP contribution in [0.3, 0.4) is 0 Å². The molecule has 1 N–H and O–H groups in total. The molecule has 1 saturated heterocycles. The third-order valence-corrected chi connectivity index (χ3v) is 8.08. The normalized spacial score (nSPS) is 30.2. The molecule has 0 bridgehead atoms. The quantitative estimate of drug-likeness (QED) is 0.106. The van der Waals surface area contributed by atoms with Gasteiger partial charge in [0.25, 0.3) is 0 Å². The Bertz CT molecular complexity index is 288. The maximum absolute atomic E-state index is 12.1. The third kappa shape index (κ3) is 3.44. The molecule has 1 aliphatic heterocycles. The van der Waals surface area contributed by atoms with Crippen molar-refractivity contribution in [2.24, 2.45) is 5.92 Å². The van der Waals surface area contributed by atoms with Gasteiger partial charge < -0.3 is 0 Å². The molecule has 4 nitrogen and oxygen atoms in total.